The van der Waals surface area contributed by atoms with Crippen LogP contribution in [0, 0.1) is 0 Å². The summed E-state index contributed by atoms with van der Waals surface area (Å²) in [6.07, 6.45) is 0.913. The van der Waals surface area contributed by atoms with E-state index in [1.165, 1.54) is 0 Å². The summed E-state index contributed by atoms with van der Waals surface area (Å²) in [6, 6.07) is 17.0. The fraction of sp³-hybridized carbons (Fsp3) is 0.333. The number of methoxy groups -OCH3 is 1. The van der Waals surface area contributed by atoms with Crippen LogP contribution in [0.3, 0.4) is 0 Å². The third kappa shape index (κ3) is 5.92. The monoisotopic (exact) mass is 355 g/mol. The fourth-order valence-corrected chi connectivity index (χ4v) is 2.60. The minimum Gasteiger partial charge on any atom is -0.497 e. The Hall–Kier alpha value is -2.82. The van der Waals surface area contributed by atoms with Crippen LogP contribution < -0.4 is 4.74 Å². The molecule has 1 amide bonds. The maximum absolute atomic E-state index is 12.9. The molecule has 0 radical (unpaired) electrons. The molecule has 0 saturated carbocycles. The van der Waals surface area contributed by atoms with Crippen LogP contribution in [0.5, 0.6) is 5.75 Å². The summed E-state index contributed by atoms with van der Waals surface area (Å²) in [5, 5.41) is 0. The van der Waals surface area contributed by atoms with E-state index in [4.69, 9.17) is 9.47 Å². The van der Waals surface area contributed by atoms with Crippen molar-refractivity contribution in [3.63, 3.8) is 0 Å². The molecule has 2 aromatic rings. The molecule has 0 heterocycles. The lowest BCUT2D eigenvalue weighted by molar-refractivity contribution is -0.143. The van der Waals surface area contributed by atoms with E-state index in [2.05, 4.69) is 0 Å². The van der Waals surface area contributed by atoms with Gasteiger partial charge in [0.2, 0.25) is 0 Å². The number of amides is 1. The van der Waals surface area contributed by atoms with Gasteiger partial charge in [0.25, 0.3) is 5.91 Å². The van der Waals surface area contributed by atoms with Crippen molar-refractivity contribution < 1.29 is 19.1 Å². The van der Waals surface area contributed by atoms with E-state index in [0.717, 1.165) is 12.0 Å². The standard InChI is InChI=1S/C21H25NO4/c1-3-26-20(23)14-16-22(15-13-17-7-5-4-6-8-17)21(24)18-9-11-19(25-2)12-10-18/h4-12H,3,13-16H2,1-2H3. The van der Waals surface area contributed by atoms with Gasteiger partial charge in [0.1, 0.15) is 5.75 Å². The number of ether oxygens (including phenoxy) is 2. The quantitative estimate of drug-likeness (QED) is 0.648. The topological polar surface area (TPSA) is 55.8 Å². The molecule has 0 unspecified atom stereocenters. The molecular formula is C21H25NO4. The zero-order chi connectivity index (χ0) is 18.8. The predicted molar refractivity (Wildman–Crippen MR) is 100 cm³/mol. The van der Waals surface area contributed by atoms with Crippen LogP contribution in [0.2, 0.25) is 0 Å². The van der Waals surface area contributed by atoms with Gasteiger partial charge in [-0.25, -0.2) is 0 Å². The Balaban J connectivity index is 2.06. The van der Waals surface area contributed by atoms with Crippen LogP contribution >= 0.6 is 0 Å². The van der Waals surface area contributed by atoms with Gasteiger partial charge in [0, 0.05) is 18.7 Å². The SMILES string of the molecule is CCOC(=O)CCN(CCc1ccccc1)C(=O)c1ccc(OC)cc1. The third-order valence-electron chi connectivity index (χ3n) is 4.03. The van der Waals surface area contributed by atoms with E-state index in [-0.39, 0.29) is 18.3 Å². The molecule has 0 aliphatic rings. The molecule has 0 spiro atoms. The van der Waals surface area contributed by atoms with Gasteiger partial charge in [0.15, 0.2) is 0 Å². The molecule has 2 rings (SSSR count). The molecule has 2 aromatic carbocycles. The normalized spacial score (nSPS) is 10.2. The van der Waals surface area contributed by atoms with E-state index in [1.54, 1.807) is 43.2 Å². The smallest absolute Gasteiger partial charge is 0.307 e. The molecule has 138 valence electrons. The molecule has 0 fully saturated rings. The van der Waals surface area contributed by atoms with E-state index in [0.29, 0.717) is 31.0 Å². The highest BCUT2D eigenvalue weighted by atomic mass is 16.5. The molecule has 26 heavy (non-hydrogen) atoms. The number of rotatable bonds is 9. The van der Waals surface area contributed by atoms with Gasteiger partial charge in [-0.2, -0.15) is 0 Å². The van der Waals surface area contributed by atoms with Gasteiger partial charge in [0.05, 0.1) is 20.1 Å². The zero-order valence-electron chi connectivity index (χ0n) is 15.3. The Labute approximate surface area is 154 Å². The number of esters is 1. The van der Waals surface area contributed by atoms with Crippen LogP contribution in [0.1, 0.15) is 29.3 Å². The molecule has 0 saturated heterocycles. The van der Waals surface area contributed by atoms with Crippen LogP contribution in [0.15, 0.2) is 54.6 Å². The van der Waals surface area contributed by atoms with Gasteiger partial charge in [-0.05, 0) is 43.2 Å². The highest BCUT2D eigenvalue weighted by molar-refractivity contribution is 5.94. The summed E-state index contributed by atoms with van der Waals surface area (Å²) >= 11 is 0. The maximum Gasteiger partial charge on any atom is 0.307 e. The molecule has 0 aliphatic heterocycles. The van der Waals surface area contributed by atoms with E-state index in [1.807, 2.05) is 30.3 Å². The molecule has 0 N–H and O–H groups in total. The van der Waals surface area contributed by atoms with E-state index >= 15 is 0 Å². The Bertz CT molecular complexity index is 698. The zero-order valence-corrected chi connectivity index (χ0v) is 15.3. The van der Waals surface area contributed by atoms with Crippen LogP contribution in [-0.2, 0) is 16.0 Å². The summed E-state index contributed by atoms with van der Waals surface area (Å²) in [5.41, 5.74) is 1.72. The second-order valence-corrected chi connectivity index (χ2v) is 5.81. The first kappa shape index (κ1) is 19.5. The number of carbonyl (C=O) groups is 2. The number of carbonyl (C=O) groups excluding carboxylic acids is 2. The van der Waals surface area contributed by atoms with E-state index in [9.17, 15) is 9.59 Å². The second-order valence-electron chi connectivity index (χ2n) is 5.81. The highest BCUT2D eigenvalue weighted by Gasteiger charge is 2.17. The van der Waals surface area contributed by atoms with Crippen LogP contribution in [-0.4, -0.2) is 43.6 Å². The van der Waals surface area contributed by atoms with E-state index < -0.39 is 0 Å². The molecule has 5 heteroatoms. The second kappa shape index (κ2) is 10.2. The Morgan fingerprint density at radius 3 is 2.27 bits per heavy atom. The lowest BCUT2D eigenvalue weighted by Gasteiger charge is -2.22. The Morgan fingerprint density at radius 2 is 1.65 bits per heavy atom. The van der Waals surface area contributed by atoms with Gasteiger partial charge in [-0.1, -0.05) is 30.3 Å². The first-order valence-electron chi connectivity index (χ1n) is 8.77. The summed E-state index contributed by atoms with van der Waals surface area (Å²) in [4.78, 5) is 26.3. The van der Waals surface area contributed by atoms with Crippen molar-refractivity contribution in [3.05, 3.63) is 65.7 Å². The lowest BCUT2D eigenvalue weighted by atomic mass is 10.1. The molecular weight excluding hydrogens is 330 g/mol. The minimum absolute atomic E-state index is 0.104. The number of benzene rings is 2. The molecule has 5 nitrogen and oxygen atoms in total. The molecule has 0 atom stereocenters. The van der Waals surface area contributed by atoms with Crippen molar-refractivity contribution >= 4 is 11.9 Å². The summed E-state index contributed by atoms with van der Waals surface area (Å²) in [6.45, 7) is 2.98. The molecule has 0 bridgehead atoms. The third-order valence-corrected chi connectivity index (χ3v) is 4.03. The minimum atomic E-state index is -0.292. The van der Waals surface area contributed by atoms with Crippen molar-refractivity contribution in [1.82, 2.24) is 4.90 Å². The number of hydrogen-bond donors (Lipinski definition) is 0. The average molecular weight is 355 g/mol. The van der Waals surface area contributed by atoms with Gasteiger partial charge in [-0.3, -0.25) is 9.59 Å². The lowest BCUT2D eigenvalue weighted by Crippen LogP contribution is -2.35. The first-order chi connectivity index (χ1) is 12.6. The van der Waals surface area contributed by atoms with Gasteiger partial charge >= 0.3 is 5.97 Å². The average Bonchev–Trinajstić information content (AvgIpc) is 2.68. The summed E-state index contributed by atoms with van der Waals surface area (Å²) in [5.74, 6) is 0.302. The first-order valence-corrected chi connectivity index (χ1v) is 8.77. The van der Waals surface area contributed by atoms with Gasteiger partial charge in [-0.15, -0.1) is 0 Å². The van der Waals surface area contributed by atoms with Gasteiger partial charge < -0.3 is 14.4 Å². The Morgan fingerprint density at radius 1 is 0.962 bits per heavy atom. The van der Waals surface area contributed by atoms with Crippen LogP contribution in [0.25, 0.3) is 0 Å². The highest BCUT2D eigenvalue weighted by Crippen LogP contribution is 2.14. The van der Waals surface area contributed by atoms with Crippen molar-refractivity contribution in [3.8, 4) is 5.75 Å². The summed E-state index contributed by atoms with van der Waals surface area (Å²) < 4.78 is 10.1. The largest absolute Gasteiger partial charge is 0.497 e. The van der Waals surface area contributed by atoms with Crippen molar-refractivity contribution in [2.45, 2.75) is 19.8 Å². The fourth-order valence-electron chi connectivity index (χ4n) is 2.60. The van der Waals surface area contributed by atoms with Crippen molar-refractivity contribution in [2.24, 2.45) is 0 Å². The molecule has 0 aliphatic carbocycles. The predicted octanol–water partition coefficient (Wildman–Crippen LogP) is 3.33. The van der Waals surface area contributed by atoms with Crippen LogP contribution in [0.4, 0.5) is 0 Å². The number of nitrogens with zero attached hydrogens (tertiary/aromatic N) is 1. The van der Waals surface area contributed by atoms with Crippen molar-refractivity contribution in [2.75, 3.05) is 26.8 Å². The number of hydrogen-bond acceptors (Lipinski definition) is 4. The Kier molecular flexibility index (Phi) is 7.68. The maximum atomic E-state index is 12.9. The summed E-state index contributed by atoms with van der Waals surface area (Å²) in [7, 11) is 1.59. The van der Waals surface area contributed by atoms with Crippen molar-refractivity contribution in [1.29, 1.82) is 0 Å². The molecule has 0 aromatic heterocycles.